The minimum Gasteiger partial charge on any atom is -0.324 e. The topological polar surface area (TPSA) is 68.9 Å². The molecule has 122 valence electrons. The normalized spacial score (nSPS) is 14.2. The molecule has 1 amide bonds. The smallest absolute Gasteiger partial charge is 0.324 e. The monoisotopic (exact) mass is 314 g/mol. The Balaban J connectivity index is 1.77. The number of amides is 1. The molecule has 1 aromatic heterocycles. The summed E-state index contributed by atoms with van der Waals surface area (Å²) in [6, 6.07) is 5.86. The van der Waals surface area contributed by atoms with Gasteiger partial charge in [0.05, 0.1) is 0 Å². The molecule has 1 N–H and O–H groups in total. The Bertz CT molecular complexity index is 768. The molecular formula is C17H22N4O2. The van der Waals surface area contributed by atoms with Crippen molar-refractivity contribution in [3.8, 4) is 0 Å². The maximum atomic E-state index is 12.4. The van der Waals surface area contributed by atoms with Gasteiger partial charge in [0.15, 0.2) is 0 Å². The summed E-state index contributed by atoms with van der Waals surface area (Å²) in [6.45, 7) is 4.56. The first-order valence-electron chi connectivity index (χ1n) is 8.09. The number of anilines is 1. The lowest BCUT2D eigenvalue weighted by molar-refractivity contribution is -0.117. The molecule has 0 saturated heterocycles. The summed E-state index contributed by atoms with van der Waals surface area (Å²) >= 11 is 0. The van der Waals surface area contributed by atoms with Gasteiger partial charge in [-0.05, 0) is 37.8 Å². The van der Waals surface area contributed by atoms with Gasteiger partial charge in [-0.15, -0.1) is 0 Å². The van der Waals surface area contributed by atoms with Crippen LogP contribution in [0.15, 0.2) is 23.0 Å². The van der Waals surface area contributed by atoms with E-state index in [1.807, 2.05) is 32.0 Å². The average molecular weight is 314 g/mol. The van der Waals surface area contributed by atoms with Crippen LogP contribution in [-0.4, -0.2) is 20.3 Å². The molecule has 1 aliphatic rings. The largest absolute Gasteiger partial charge is 0.346 e. The molecule has 0 aliphatic carbocycles. The Hall–Kier alpha value is -2.37. The highest BCUT2D eigenvalue weighted by Crippen LogP contribution is 2.19. The predicted molar refractivity (Wildman–Crippen MR) is 88.6 cm³/mol. The molecule has 2 heterocycles. The van der Waals surface area contributed by atoms with E-state index in [1.165, 1.54) is 4.68 Å². The lowest BCUT2D eigenvalue weighted by atomic mass is 10.1. The van der Waals surface area contributed by atoms with Crippen LogP contribution < -0.4 is 11.0 Å². The molecule has 0 spiro atoms. The van der Waals surface area contributed by atoms with E-state index in [2.05, 4.69) is 10.4 Å². The molecule has 0 saturated carbocycles. The van der Waals surface area contributed by atoms with Crippen LogP contribution in [0.25, 0.3) is 0 Å². The van der Waals surface area contributed by atoms with Crippen LogP contribution in [0, 0.1) is 13.8 Å². The van der Waals surface area contributed by atoms with Gasteiger partial charge in [0.25, 0.3) is 0 Å². The quantitative estimate of drug-likeness (QED) is 0.942. The SMILES string of the molecule is Cc1cccc(C)c1NC(=O)Cn1nc2n(c1=O)CCCCC2. The first-order chi connectivity index (χ1) is 11.1. The molecule has 6 heteroatoms. The van der Waals surface area contributed by atoms with E-state index in [9.17, 15) is 9.59 Å². The van der Waals surface area contributed by atoms with Crippen molar-refractivity contribution in [3.05, 3.63) is 45.6 Å². The Kier molecular flexibility index (Phi) is 4.32. The second-order valence-electron chi connectivity index (χ2n) is 6.13. The van der Waals surface area contributed by atoms with Gasteiger partial charge in [-0.25, -0.2) is 9.48 Å². The standard InChI is InChI=1S/C17H22N4O2/c1-12-7-6-8-13(2)16(12)18-15(22)11-21-17(23)20-10-5-3-4-9-14(20)19-21/h6-8H,3-5,9-11H2,1-2H3,(H,18,22). The van der Waals surface area contributed by atoms with Gasteiger partial charge in [-0.1, -0.05) is 24.6 Å². The predicted octanol–water partition coefficient (Wildman–Crippen LogP) is 2.03. The summed E-state index contributed by atoms with van der Waals surface area (Å²) < 4.78 is 2.99. The van der Waals surface area contributed by atoms with E-state index in [4.69, 9.17) is 0 Å². The zero-order valence-electron chi connectivity index (χ0n) is 13.6. The summed E-state index contributed by atoms with van der Waals surface area (Å²) in [7, 11) is 0. The number of aromatic nitrogens is 3. The molecule has 1 aliphatic heterocycles. The second-order valence-corrected chi connectivity index (χ2v) is 6.13. The number of fused-ring (bicyclic) bond motifs is 1. The number of rotatable bonds is 3. The number of para-hydroxylation sites is 1. The lowest BCUT2D eigenvalue weighted by Crippen LogP contribution is -2.30. The highest BCUT2D eigenvalue weighted by Gasteiger charge is 2.17. The number of carbonyl (C=O) groups excluding carboxylic acids is 1. The zero-order chi connectivity index (χ0) is 16.4. The minimum atomic E-state index is -0.224. The maximum Gasteiger partial charge on any atom is 0.346 e. The molecular weight excluding hydrogens is 292 g/mol. The van der Waals surface area contributed by atoms with E-state index in [0.29, 0.717) is 6.54 Å². The van der Waals surface area contributed by atoms with E-state index < -0.39 is 0 Å². The van der Waals surface area contributed by atoms with Crippen LogP contribution in [0.3, 0.4) is 0 Å². The third kappa shape index (κ3) is 3.21. The van der Waals surface area contributed by atoms with E-state index in [0.717, 1.165) is 48.3 Å². The fraction of sp³-hybridized carbons (Fsp3) is 0.471. The average Bonchev–Trinajstić information content (AvgIpc) is 2.69. The molecule has 0 radical (unpaired) electrons. The van der Waals surface area contributed by atoms with Crippen LogP contribution in [0.2, 0.25) is 0 Å². The lowest BCUT2D eigenvalue weighted by Gasteiger charge is -2.11. The maximum absolute atomic E-state index is 12.4. The number of hydrogen-bond donors (Lipinski definition) is 1. The van der Waals surface area contributed by atoms with Gasteiger partial charge in [-0.3, -0.25) is 9.36 Å². The molecule has 23 heavy (non-hydrogen) atoms. The first kappa shape index (κ1) is 15.5. The second kappa shape index (κ2) is 6.40. The van der Waals surface area contributed by atoms with Gasteiger partial charge in [0.2, 0.25) is 5.91 Å². The number of nitrogens with one attached hydrogen (secondary N) is 1. The van der Waals surface area contributed by atoms with Crippen molar-refractivity contribution in [2.45, 2.75) is 52.6 Å². The van der Waals surface area contributed by atoms with Crippen molar-refractivity contribution < 1.29 is 4.79 Å². The van der Waals surface area contributed by atoms with Crippen molar-refractivity contribution >= 4 is 11.6 Å². The number of aryl methyl sites for hydroxylation is 3. The first-order valence-corrected chi connectivity index (χ1v) is 8.09. The highest BCUT2D eigenvalue weighted by atomic mass is 16.2. The fourth-order valence-electron chi connectivity index (χ4n) is 3.05. The molecule has 0 unspecified atom stereocenters. The van der Waals surface area contributed by atoms with Gasteiger partial charge in [-0.2, -0.15) is 5.10 Å². The minimum absolute atomic E-state index is 0.0490. The third-order valence-corrected chi connectivity index (χ3v) is 4.32. The van der Waals surface area contributed by atoms with Crippen LogP contribution in [0.4, 0.5) is 5.69 Å². The van der Waals surface area contributed by atoms with Crippen molar-refractivity contribution in [1.29, 1.82) is 0 Å². The number of nitrogens with zero attached hydrogens (tertiary/aromatic N) is 3. The van der Waals surface area contributed by atoms with Gasteiger partial charge in [0.1, 0.15) is 12.4 Å². The van der Waals surface area contributed by atoms with Crippen LogP contribution in [0.5, 0.6) is 0 Å². The van der Waals surface area contributed by atoms with Gasteiger partial charge >= 0.3 is 5.69 Å². The summed E-state index contributed by atoms with van der Waals surface area (Å²) in [6.07, 6.45) is 3.97. The zero-order valence-corrected chi connectivity index (χ0v) is 13.6. The summed E-state index contributed by atoms with van der Waals surface area (Å²) in [5, 5.41) is 7.24. The molecule has 2 aromatic rings. The summed E-state index contributed by atoms with van der Waals surface area (Å²) in [5.74, 6) is 0.574. The molecule has 6 nitrogen and oxygen atoms in total. The highest BCUT2D eigenvalue weighted by molar-refractivity contribution is 5.92. The summed E-state index contributed by atoms with van der Waals surface area (Å²) in [5.41, 5.74) is 2.64. The molecule has 0 fully saturated rings. The Morgan fingerprint density at radius 2 is 1.96 bits per heavy atom. The van der Waals surface area contributed by atoms with Crippen molar-refractivity contribution in [3.63, 3.8) is 0 Å². The Morgan fingerprint density at radius 3 is 2.70 bits per heavy atom. The molecule has 1 aromatic carbocycles. The van der Waals surface area contributed by atoms with E-state index in [1.54, 1.807) is 4.57 Å². The Morgan fingerprint density at radius 1 is 1.22 bits per heavy atom. The number of hydrogen-bond acceptors (Lipinski definition) is 3. The third-order valence-electron chi connectivity index (χ3n) is 4.32. The summed E-state index contributed by atoms with van der Waals surface area (Å²) in [4.78, 5) is 24.7. The number of benzene rings is 1. The fourth-order valence-corrected chi connectivity index (χ4v) is 3.05. The van der Waals surface area contributed by atoms with Crippen molar-refractivity contribution in [2.24, 2.45) is 0 Å². The van der Waals surface area contributed by atoms with Crippen molar-refractivity contribution in [2.75, 3.05) is 5.32 Å². The number of carbonyl (C=O) groups is 1. The Labute approximate surface area is 135 Å². The molecule has 0 bridgehead atoms. The van der Waals surface area contributed by atoms with E-state index >= 15 is 0 Å². The van der Waals surface area contributed by atoms with Gasteiger partial charge in [0, 0.05) is 18.7 Å². The van der Waals surface area contributed by atoms with Crippen LogP contribution >= 0.6 is 0 Å². The molecule has 3 rings (SSSR count). The van der Waals surface area contributed by atoms with Crippen LogP contribution in [-0.2, 0) is 24.3 Å². The van der Waals surface area contributed by atoms with Gasteiger partial charge < -0.3 is 5.32 Å². The van der Waals surface area contributed by atoms with E-state index in [-0.39, 0.29) is 18.1 Å². The van der Waals surface area contributed by atoms with Crippen LogP contribution in [0.1, 0.15) is 36.2 Å². The molecule has 0 atom stereocenters. The van der Waals surface area contributed by atoms with Crippen molar-refractivity contribution in [1.82, 2.24) is 14.3 Å².